The smallest absolute Gasteiger partial charge is 0.410 e. The van der Waals surface area contributed by atoms with Crippen molar-refractivity contribution in [3.63, 3.8) is 0 Å². The van der Waals surface area contributed by atoms with Crippen LogP contribution in [-0.2, 0) is 27.7 Å². The quantitative estimate of drug-likeness (QED) is 0.440. The summed E-state index contributed by atoms with van der Waals surface area (Å²) in [6.45, 7) is 0.213. The summed E-state index contributed by atoms with van der Waals surface area (Å²) in [4.78, 5) is 14.5. The van der Waals surface area contributed by atoms with Crippen molar-refractivity contribution in [3.8, 4) is 11.5 Å². The monoisotopic (exact) mass is 469 g/mol. The summed E-state index contributed by atoms with van der Waals surface area (Å²) in [6.07, 6.45) is -0.600. The molecule has 0 bridgehead atoms. The van der Waals surface area contributed by atoms with Gasteiger partial charge in [-0.15, -0.1) is 0 Å². The van der Waals surface area contributed by atoms with E-state index in [2.05, 4.69) is 0 Å². The van der Waals surface area contributed by atoms with E-state index in [0.29, 0.717) is 11.5 Å². The van der Waals surface area contributed by atoms with Crippen LogP contribution in [0.3, 0.4) is 0 Å². The largest absolute Gasteiger partial charge is 0.493 e. The van der Waals surface area contributed by atoms with Crippen LogP contribution in [0.4, 0.5) is 4.79 Å². The van der Waals surface area contributed by atoms with Crippen LogP contribution in [0.1, 0.15) is 11.1 Å². The van der Waals surface area contributed by atoms with Gasteiger partial charge in [-0.2, -0.15) is 0 Å². The van der Waals surface area contributed by atoms with Crippen molar-refractivity contribution < 1.29 is 27.4 Å². The second-order valence-electron chi connectivity index (χ2n) is 7.28. The Morgan fingerprint density at radius 3 is 2.09 bits per heavy atom. The van der Waals surface area contributed by atoms with Crippen LogP contribution in [0, 0.1) is 0 Å². The molecule has 0 aliphatic rings. The average molecular weight is 470 g/mol. The number of rotatable bonds is 10. The zero-order valence-corrected chi connectivity index (χ0v) is 19.5. The third kappa shape index (κ3) is 6.73. The number of ether oxygens (including phenoxy) is 3. The number of methoxy groups -OCH3 is 2. The zero-order chi connectivity index (χ0) is 23.7. The Morgan fingerprint density at radius 2 is 1.45 bits per heavy atom. The molecule has 0 fully saturated rings. The van der Waals surface area contributed by atoms with E-state index in [0.717, 1.165) is 11.1 Å². The van der Waals surface area contributed by atoms with Gasteiger partial charge in [-0.25, -0.2) is 13.2 Å². The van der Waals surface area contributed by atoms with Gasteiger partial charge in [0.15, 0.2) is 21.3 Å². The van der Waals surface area contributed by atoms with E-state index in [1.165, 1.54) is 12.0 Å². The first kappa shape index (κ1) is 24.1. The number of sulfone groups is 1. The van der Waals surface area contributed by atoms with Crippen LogP contribution >= 0.6 is 0 Å². The maximum Gasteiger partial charge on any atom is 0.410 e. The molecule has 0 atom stereocenters. The highest BCUT2D eigenvalue weighted by atomic mass is 32.2. The predicted molar refractivity (Wildman–Crippen MR) is 125 cm³/mol. The molecule has 0 heterocycles. The number of carbonyl (C=O) groups excluding carboxylic acids is 1. The lowest BCUT2D eigenvalue weighted by Crippen LogP contribution is -2.35. The molecule has 3 aromatic carbocycles. The third-order valence-corrected chi connectivity index (χ3v) is 6.73. The molecule has 0 spiro atoms. The van der Waals surface area contributed by atoms with Gasteiger partial charge >= 0.3 is 6.09 Å². The maximum atomic E-state index is 12.9. The van der Waals surface area contributed by atoms with Gasteiger partial charge in [-0.05, 0) is 35.4 Å². The van der Waals surface area contributed by atoms with E-state index in [4.69, 9.17) is 14.2 Å². The van der Waals surface area contributed by atoms with Crippen LogP contribution in [0.2, 0.25) is 0 Å². The van der Waals surface area contributed by atoms with E-state index < -0.39 is 15.9 Å². The second kappa shape index (κ2) is 11.4. The minimum Gasteiger partial charge on any atom is -0.493 e. The van der Waals surface area contributed by atoms with Crippen molar-refractivity contribution in [1.29, 1.82) is 0 Å². The van der Waals surface area contributed by atoms with Gasteiger partial charge in [-0.3, -0.25) is 0 Å². The first-order chi connectivity index (χ1) is 15.9. The molecule has 0 aliphatic carbocycles. The lowest BCUT2D eigenvalue weighted by molar-refractivity contribution is 0.0958. The highest BCUT2D eigenvalue weighted by molar-refractivity contribution is 7.91. The Hall–Kier alpha value is -3.52. The normalized spacial score (nSPS) is 11.0. The summed E-state index contributed by atoms with van der Waals surface area (Å²) in [5.74, 6) is 0.848. The molecule has 3 rings (SSSR count). The molecule has 0 N–H and O–H groups in total. The molecule has 0 saturated carbocycles. The molecule has 174 valence electrons. The maximum absolute atomic E-state index is 12.9. The Labute approximate surface area is 194 Å². The molecule has 7 nitrogen and oxygen atoms in total. The molecule has 0 radical (unpaired) electrons. The number of nitrogens with zero attached hydrogens (tertiary/aromatic N) is 1. The zero-order valence-electron chi connectivity index (χ0n) is 18.6. The van der Waals surface area contributed by atoms with Gasteiger partial charge in [0.25, 0.3) is 0 Å². The molecule has 33 heavy (non-hydrogen) atoms. The van der Waals surface area contributed by atoms with Crippen molar-refractivity contribution >= 4 is 15.9 Å². The molecule has 0 saturated heterocycles. The molecule has 0 aromatic heterocycles. The van der Waals surface area contributed by atoms with Crippen molar-refractivity contribution in [3.05, 3.63) is 90.0 Å². The minimum absolute atomic E-state index is 0.0286. The number of carbonyl (C=O) groups is 1. The van der Waals surface area contributed by atoms with Gasteiger partial charge in [0.1, 0.15) is 6.61 Å². The average Bonchev–Trinajstić information content (AvgIpc) is 2.86. The van der Waals surface area contributed by atoms with Gasteiger partial charge in [0, 0.05) is 13.1 Å². The fourth-order valence-electron chi connectivity index (χ4n) is 3.22. The number of hydrogen-bond donors (Lipinski definition) is 0. The third-order valence-electron chi connectivity index (χ3n) is 5.02. The molecule has 3 aromatic rings. The summed E-state index contributed by atoms with van der Waals surface area (Å²) in [7, 11) is -0.497. The summed E-state index contributed by atoms with van der Waals surface area (Å²) in [6, 6.07) is 22.8. The number of hydrogen-bond acceptors (Lipinski definition) is 6. The fraction of sp³-hybridized carbons (Fsp3) is 0.240. The van der Waals surface area contributed by atoms with Gasteiger partial charge in [0.05, 0.1) is 24.9 Å². The van der Waals surface area contributed by atoms with Crippen LogP contribution in [0.25, 0.3) is 0 Å². The first-order valence-electron chi connectivity index (χ1n) is 10.4. The van der Waals surface area contributed by atoms with Crippen LogP contribution in [-0.4, -0.2) is 45.9 Å². The lowest BCUT2D eigenvalue weighted by atomic mass is 10.2. The number of benzene rings is 3. The molecule has 0 unspecified atom stereocenters. The van der Waals surface area contributed by atoms with Crippen molar-refractivity contribution in [2.24, 2.45) is 0 Å². The highest BCUT2D eigenvalue weighted by Gasteiger charge is 2.21. The second-order valence-corrected chi connectivity index (χ2v) is 9.39. The standard InChI is InChI=1S/C25H27NO6S/c1-30-23-14-13-21(17-24(23)31-2)18-26(25(27)32-19-20-9-5-3-6-10-20)15-16-33(28,29)22-11-7-4-8-12-22/h3-14,17H,15-16,18-19H2,1-2H3. The van der Waals surface area contributed by atoms with E-state index in [1.807, 2.05) is 30.3 Å². The van der Waals surface area contributed by atoms with E-state index in [1.54, 1.807) is 55.6 Å². The van der Waals surface area contributed by atoms with Crippen molar-refractivity contribution in [1.82, 2.24) is 4.90 Å². The summed E-state index contributed by atoms with van der Waals surface area (Å²) in [5.41, 5.74) is 1.59. The fourth-order valence-corrected chi connectivity index (χ4v) is 4.49. The Balaban J connectivity index is 1.77. The van der Waals surface area contributed by atoms with Crippen LogP contribution in [0.5, 0.6) is 11.5 Å². The summed E-state index contributed by atoms with van der Waals surface area (Å²) < 4.78 is 41.6. The van der Waals surface area contributed by atoms with E-state index in [9.17, 15) is 13.2 Å². The Morgan fingerprint density at radius 1 is 0.818 bits per heavy atom. The van der Waals surface area contributed by atoms with Gasteiger partial charge in [0.2, 0.25) is 0 Å². The minimum atomic E-state index is -3.57. The molecular formula is C25H27NO6S. The summed E-state index contributed by atoms with van der Waals surface area (Å²) >= 11 is 0. The Kier molecular flexibility index (Phi) is 8.32. The predicted octanol–water partition coefficient (Wildman–Crippen LogP) is 4.32. The lowest BCUT2D eigenvalue weighted by Gasteiger charge is -2.23. The molecule has 0 aliphatic heterocycles. The van der Waals surface area contributed by atoms with Crippen molar-refractivity contribution in [2.75, 3.05) is 26.5 Å². The molecule has 1 amide bonds. The van der Waals surface area contributed by atoms with Crippen LogP contribution < -0.4 is 9.47 Å². The summed E-state index contributed by atoms with van der Waals surface area (Å²) in [5, 5.41) is 0. The van der Waals surface area contributed by atoms with Crippen LogP contribution in [0.15, 0.2) is 83.8 Å². The van der Waals surface area contributed by atoms with E-state index in [-0.39, 0.29) is 30.3 Å². The highest BCUT2D eigenvalue weighted by Crippen LogP contribution is 2.28. The number of amides is 1. The van der Waals surface area contributed by atoms with Crippen molar-refractivity contribution in [2.45, 2.75) is 18.0 Å². The topological polar surface area (TPSA) is 82.1 Å². The first-order valence-corrected chi connectivity index (χ1v) is 12.0. The Bertz CT molecular complexity index is 1150. The SMILES string of the molecule is COc1ccc(CN(CCS(=O)(=O)c2ccccc2)C(=O)OCc2ccccc2)cc1OC. The molecular weight excluding hydrogens is 442 g/mol. The van der Waals surface area contributed by atoms with E-state index >= 15 is 0 Å². The van der Waals surface area contributed by atoms with Gasteiger partial charge in [-0.1, -0.05) is 54.6 Å². The molecule has 8 heteroatoms. The van der Waals surface area contributed by atoms with Gasteiger partial charge < -0.3 is 19.1 Å².